The highest BCUT2D eigenvalue weighted by Gasteiger charge is 2.13. The zero-order valence-corrected chi connectivity index (χ0v) is 14.8. The van der Waals surface area contributed by atoms with Crippen molar-refractivity contribution in [2.24, 2.45) is 5.10 Å². The normalized spacial score (nSPS) is 12.1. The van der Waals surface area contributed by atoms with Gasteiger partial charge in [-0.25, -0.2) is 5.43 Å². The van der Waals surface area contributed by atoms with Crippen LogP contribution in [0.3, 0.4) is 0 Å². The molecule has 1 atom stereocenters. The summed E-state index contributed by atoms with van der Waals surface area (Å²) in [6.45, 7) is 1.77. The van der Waals surface area contributed by atoms with Crippen LogP contribution >= 0.6 is 0 Å². The second-order valence-electron chi connectivity index (χ2n) is 5.91. The van der Waals surface area contributed by atoms with Crippen LogP contribution in [0, 0.1) is 0 Å². The van der Waals surface area contributed by atoms with E-state index in [-0.39, 0.29) is 5.91 Å². The van der Waals surface area contributed by atoms with Crippen molar-refractivity contribution in [2.45, 2.75) is 13.0 Å². The maximum atomic E-state index is 12.2. The first-order valence-corrected chi connectivity index (χ1v) is 8.38. The van der Waals surface area contributed by atoms with Gasteiger partial charge in [-0.1, -0.05) is 48.5 Å². The Kier molecular flexibility index (Phi) is 5.49. The standard InChI is InChI=1S/C21H21N3O2/c1-15(23-19-9-5-6-10-20(19)26-2)21(25)24-22-14-16-11-12-17-7-3-4-8-18(17)13-16/h3-15,23H,1-2H3,(H,24,25). The van der Waals surface area contributed by atoms with Gasteiger partial charge in [-0.05, 0) is 41.5 Å². The van der Waals surface area contributed by atoms with Crippen molar-refractivity contribution in [3.8, 4) is 5.75 Å². The van der Waals surface area contributed by atoms with E-state index in [0.29, 0.717) is 5.75 Å². The van der Waals surface area contributed by atoms with Gasteiger partial charge in [0.2, 0.25) is 0 Å². The van der Waals surface area contributed by atoms with Gasteiger partial charge in [0.25, 0.3) is 5.91 Å². The molecule has 0 spiro atoms. The molecule has 5 nitrogen and oxygen atoms in total. The molecule has 0 saturated carbocycles. The summed E-state index contributed by atoms with van der Waals surface area (Å²) in [6, 6.07) is 21.1. The molecular weight excluding hydrogens is 326 g/mol. The monoisotopic (exact) mass is 347 g/mol. The maximum Gasteiger partial charge on any atom is 0.262 e. The van der Waals surface area contributed by atoms with Crippen LogP contribution in [0.4, 0.5) is 5.69 Å². The van der Waals surface area contributed by atoms with Gasteiger partial charge in [-0.3, -0.25) is 4.79 Å². The molecule has 0 fully saturated rings. The summed E-state index contributed by atoms with van der Waals surface area (Å²) < 4.78 is 5.28. The molecule has 0 bridgehead atoms. The highest BCUT2D eigenvalue weighted by molar-refractivity contribution is 5.91. The van der Waals surface area contributed by atoms with Crippen molar-refractivity contribution in [1.82, 2.24) is 5.43 Å². The maximum absolute atomic E-state index is 12.2. The molecule has 0 aliphatic carbocycles. The summed E-state index contributed by atoms with van der Waals surface area (Å²) in [5, 5.41) is 9.48. The van der Waals surface area contributed by atoms with E-state index in [1.165, 1.54) is 5.39 Å². The molecule has 0 saturated heterocycles. The largest absolute Gasteiger partial charge is 0.495 e. The Morgan fingerprint density at radius 1 is 1.04 bits per heavy atom. The molecule has 3 rings (SSSR count). The van der Waals surface area contributed by atoms with E-state index in [2.05, 4.69) is 21.9 Å². The van der Waals surface area contributed by atoms with Gasteiger partial charge in [0.1, 0.15) is 11.8 Å². The molecule has 1 unspecified atom stereocenters. The van der Waals surface area contributed by atoms with Crippen molar-refractivity contribution in [2.75, 3.05) is 12.4 Å². The van der Waals surface area contributed by atoms with Crippen molar-refractivity contribution < 1.29 is 9.53 Å². The summed E-state index contributed by atoms with van der Waals surface area (Å²) in [7, 11) is 1.60. The van der Waals surface area contributed by atoms with E-state index in [9.17, 15) is 4.79 Å². The summed E-state index contributed by atoms with van der Waals surface area (Å²) in [6.07, 6.45) is 1.64. The Bertz CT molecular complexity index is 937. The highest BCUT2D eigenvalue weighted by Crippen LogP contribution is 2.23. The van der Waals surface area contributed by atoms with Crippen molar-refractivity contribution >= 4 is 28.6 Å². The van der Waals surface area contributed by atoms with Crippen LogP contribution in [0.25, 0.3) is 10.8 Å². The topological polar surface area (TPSA) is 62.7 Å². The number of methoxy groups -OCH3 is 1. The van der Waals surface area contributed by atoms with Gasteiger partial charge in [-0.2, -0.15) is 5.10 Å². The van der Waals surface area contributed by atoms with Crippen LogP contribution in [0.5, 0.6) is 5.75 Å². The number of anilines is 1. The molecule has 0 aliphatic rings. The number of fused-ring (bicyclic) bond motifs is 1. The lowest BCUT2D eigenvalue weighted by Gasteiger charge is -2.15. The van der Waals surface area contributed by atoms with Crippen LogP contribution in [-0.2, 0) is 4.79 Å². The lowest BCUT2D eigenvalue weighted by Crippen LogP contribution is -2.35. The van der Waals surface area contributed by atoms with Crippen molar-refractivity contribution in [3.05, 3.63) is 72.3 Å². The van der Waals surface area contributed by atoms with Crippen LogP contribution in [0.2, 0.25) is 0 Å². The fourth-order valence-electron chi connectivity index (χ4n) is 2.62. The first-order valence-electron chi connectivity index (χ1n) is 8.38. The van der Waals surface area contributed by atoms with Crippen LogP contribution in [0.15, 0.2) is 71.8 Å². The average molecular weight is 347 g/mol. The lowest BCUT2D eigenvalue weighted by atomic mass is 10.1. The first kappa shape index (κ1) is 17.5. The Hall–Kier alpha value is -3.34. The van der Waals surface area contributed by atoms with Gasteiger partial charge in [0, 0.05) is 0 Å². The number of amides is 1. The molecular formula is C21H21N3O2. The number of ether oxygens (including phenoxy) is 1. The number of nitrogens with one attached hydrogen (secondary N) is 2. The minimum Gasteiger partial charge on any atom is -0.495 e. The first-order chi connectivity index (χ1) is 12.7. The molecule has 3 aromatic carbocycles. The molecule has 0 heterocycles. The van der Waals surface area contributed by atoms with Gasteiger partial charge in [-0.15, -0.1) is 0 Å². The van der Waals surface area contributed by atoms with E-state index >= 15 is 0 Å². The van der Waals surface area contributed by atoms with Gasteiger partial charge in [0.05, 0.1) is 19.0 Å². The second kappa shape index (κ2) is 8.16. The number of hydrogen-bond acceptors (Lipinski definition) is 4. The van der Waals surface area contributed by atoms with E-state index in [1.807, 2.05) is 60.7 Å². The second-order valence-corrected chi connectivity index (χ2v) is 5.91. The summed E-state index contributed by atoms with van der Waals surface area (Å²) >= 11 is 0. The third-order valence-electron chi connectivity index (χ3n) is 4.03. The number of carbonyl (C=O) groups excluding carboxylic acids is 1. The van der Waals surface area contributed by atoms with Gasteiger partial charge in [0.15, 0.2) is 0 Å². The number of rotatable bonds is 6. The number of nitrogens with zero attached hydrogens (tertiary/aromatic N) is 1. The number of hydrogen-bond donors (Lipinski definition) is 2. The summed E-state index contributed by atoms with van der Waals surface area (Å²) in [4.78, 5) is 12.2. The third kappa shape index (κ3) is 4.19. The molecule has 0 aromatic heterocycles. The predicted molar refractivity (Wildman–Crippen MR) is 106 cm³/mol. The molecule has 5 heteroatoms. The molecule has 2 N–H and O–H groups in total. The Morgan fingerprint density at radius 2 is 1.77 bits per heavy atom. The van der Waals surface area contributed by atoms with E-state index in [1.54, 1.807) is 20.2 Å². The third-order valence-corrected chi connectivity index (χ3v) is 4.03. The fourth-order valence-corrected chi connectivity index (χ4v) is 2.62. The number of benzene rings is 3. The van der Waals surface area contributed by atoms with E-state index < -0.39 is 6.04 Å². The van der Waals surface area contributed by atoms with Crippen LogP contribution in [0.1, 0.15) is 12.5 Å². The molecule has 132 valence electrons. The summed E-state index contributed by atoms with van der Waals surface area (Å²) in [5.74, 6) is 0.458. The lowest BCUT2D eigenvalue weighted by molar-refractivity contribution is -0.121. The molecule has 0 aliphatic heterocycles. The van der Waals surface area contributed by atoms with Crippen molar-refractivity contribution in [3.63, 3.8) is 0 Å². The minimum atomic E-state index is -0.458. The van der Waals surface area contributed by atoms with E-state index in [0.717, 1.165) is 16.6 Å². The number of hydrazone groups is 1. The molecule has 26 heavy (non-hydrogen) atoms. The zero-order chi connectivity index (χ0) is 18.4. The van der Waals surface area contributed by atoms with Crippen molar-refractivity contribution in [1.29, 1.82) is 0 Å². The highest BCUT2D eigenvalue weighted by atomic mass is 16.5. The van der Waals surface area contributed by atoms with Gasteiger partial charge < -0.3 is 10.1 Å². The number of para-hydroxylation sites is 2. The molecule has 0 radical (unpaired) electrons. The van der Waals surface area contributed by atoms with Crippen LogP contribution < -0.4 is 15.5 Å². The Balaban J connectivity index is 1.60. The average Bonchev–Trinajstić information content (AvgIpc) is 2.68. The SMILES string of the molecule is COc1ccccc1NC(C)C(=O)NN=Cc1ccc2ccccc2c1. The molecule has 3 aromatic rings. The molecule has 1 amide bonds. The zero-order valence-electron chi connectivity index (χ0n) is 14.8. The number of carbonyl (C=O) groups is 1. The fraction of sp³-hybridized carbons (Fsp3) is 0.143. The quantitative estimate of drug-likeness (QED) is 0.527. The minimum absolute atomic E-state index is 0.229. The smallest absolute Gasteiger partial charge is 0.262 e. The summed E-state index contributed by atoms with van der Waals surface area (Å²) in [5.41, 5.74) is 4.25. The van der Waals surface area contributed by atoms with Crippen LogP contribution in [-0.4, -0.2) is 25.3 Å². The van der Waals surface area contributed by atoms with E-state index in [4.69, 9.17) is 4.74 Å². The van der Waals surface area contributed by atoms with Gasteiger partial charge >= 0.3 is 0 Å². The Morgan fingerprint density at radius 3 is 2.58 bits per heavy atom. The Labute approximate surface area is 152 Å². The predicted octanol–water partition coefficient (Wildman–Crippen LogP) is 3.80.